The molecule has 182 valence electrons. The molecule has 1 aliphatic rings. The van der Waals surface area contributed by atoms with Gasteiger partial charge >= 0.3 is 0 Å². The SMILES string of the molecule is CCOc1ccc(/C(O)=C2/C(=O)C(=O)N(c3ccc(C#N)cc3)C2c2ccc(O)c(OCC)c2)cc1. The Bertz CT molecular complexity index is 1370. The number of aromatic hydroxyl groups is 1. The van der Waals surface area contributed by atoms with Gasteiger partial charge in [-0.1, -0.05) is 6.07 Å². The van der Waals surface area contributed by atoms with Crippen molar-refractivity contribution in [1.29, 1.82) is 5.26 Å². The highest BCUT2D eigenvalue weighted by atomic mass is 16.5. The van der Waals surface area contributed by atoms with Crippen molar-refractivity contribution < 1.29 is 29.3 Å². The van der Waals surface area contributed by atoms with E-state index >= 15 is 0 Å². The first-order valence-electron chi connectivity index (χ1n) is 11.4. The molecule has 0 aromatic heterocycles. The van der Waals surface area contributed by atoms with E-state index in [1.54, 1.807) is 61.5 Å². The van der Waals surface area contributed by atoms with Gasteiger partial charge in [0.1, 0.15) is 11.5 Å². The number of benzene rings is 3. The molecule has 2 N–H and O–H groups in total. The second-order valence-corrected chi connectivity index (χ2v) is 7.95. The summed E-state index contributed by atoms with van der Waals surface area (Å²) in [4.78, 5) is 27.8. The standard InChI is InChI=1S/C28H24N2O6/c1-3-35-21-12-7-18(8-13-21)26(32)24-25(19-9-14-22(31)23(15-19)36-4-2)30(28(34)27(24)33)20-10-5-17(16-29)6-11-20/h5-15,25,31-32H,3-4H2,1-2H3/b26-24-. The Labute approximate surface area is 208 Å². The number of aliphatic hydroxyl groups is 1. The molecule has 1 unspecified atom stereocenters. The van der Waals surface area contributed by atoms with E-state index in [1.807, 2.05) is 13.0 Å². The summed E-state index contributed by atoms with van der Waals surface area (Å²) < 4.78 is 11.0. The molecule has 4 rings (SSSR count). The summed E-state index contributed by atoms with van der Waals surface area (Å²) in [7, 11) is 0. The van der Waals surface area contributed by atoms with Crippen molar-refractivity contribution in [3.8, 4) is 23.3 Å². The van der Waals surface area contributed by atoms with Crippen LogP contribution >= 0.6 is 0 Å². The third-order valence-electron chi connectivity index (χ3n) is 5.76. The van der Waals surface area contributed by atoms with Crippen LogP contribution in [0.4, 0.5) is 5.69 Å². The molecule has 8 heteroatoms. The number of carbonyl (C=O) groups excluding carboxylic acids is 2. The Morgan fingerprint density at radius 1 is 0.972 bits per heavy atom. The highest BCUT2D eigenvalue weighted by Gasteiger charge is 2.47. The number of nitriles is 1. The molecule has 3 aromatic rings. The summed E-state index contributed by atoms with van der Waals surface area (Å²) in [6.45, 7) is 4.39. The van der Waals surface area contributed by atoms with Crippen molar-refractivity contribution in [2.45, 2.75) is 19.9 Å². The number of amides is 1. The molecule has 36 heavy (non-hydrogen) atoms. The predicted octanol–water partition coefficient (Wildman–Crippen LogP) is 4.69. The summed E-state index contributed by atoms with van der Waals surface area (Å²) >= 11 is 0. The number of hydrogen-bond acceptors (Lipinski definition) is 7. The van der Waals surface area contributed by atoms with Gasteiger partial charge in [-0.25, -0.2) is 0 Å². The number of ether oxygens (including phenoxy) is 2. The summed E-state index contributed by atoms with van der Waals surface area (Å²) in [6, 6.07) is 18.3. The van der Waals surface area contributed by atoms with Crippen LogP contribution in [0.2, 0.25) is 0 Å². The zero-order chi connectivity index (χ0) is 25.8. The molecular formula is C28H24N2O6. The molecule has 1 aliphatic heterocycles. The van der Waals surface area contributed by atoms with Crippen LogP contribution < -0.4 is 14.4 Å². The van der Waals surface area contributed by atoms with E-state index in [4.69, 9.17) is 14.7 Å². The average molecular weight is 485 g/mol. The van der Waals surface area contributed by atoms with Gasteiger partial charge in [0.15, 0.2) is 11.5 Å². The van der Waals surface area contributed by atoms with E-state index in [0.717, 1.165) is 0 Å². The Morgan fingerprint density at radius 3 is 2.25 bits per heavy atom. The van der Waals surface area contributed by atoms with Crippen molar-refractivity contribution >= 4 is 23.1 Å². The largest absolute Gasteiger partial charge is 0.507 e. The smallest absolute Gasteiger partial charge is 0.300 e. The Kier molecular flexibility index (Phi) is 6.93. The molecular weight excluding hydrogens is 460 g/mol. The van der Waals surface area contributed by atoms with E-state index in [1.165, 1.54) is 17.0 Å². The van der Waals surface area contributed by atoms with Gasteiger partial charge in [-0.2, -0.15) is 5.26 Å². The fraction of sp³-hybridized carbons (Fsp3) is 0.179. The maximum absolute atomic E-state index is 13.3. The highest BCUT2D eigenvalue weighted by Crippen LogP contribution is 2.44. The molecule has 1 saturated heterocycles. The molecule has 0 saturated carbocycles. The first-order valence-corrected chi connectivity index (χ1v) is 11.4. The van der Waals surface area contributed by atoms with Crippen LogP contribution in [0.25, 0.3) is 5.76 Å². The zero-order valence-corrected chi connectivity index (χ0v) is 19.8. The molecule has 8 nitrogen and oxygen atoms in total. The molecule has 0 radical (unpaired) electrons. The van der Waals surface area contributed by atoms with Gasteiger partial charge in [0, 0.05) is 11.3 Å². The molecule has 0 aliphatic carbocycles. The minimum Gasteiger partial charge on any atom is -0.507 e. The number of anilines is 1. The summed E-state index contributed by atoms with van der Waals surface area (Å²) in [5.74, 6) is -1.35. The minimum atomic E-state index is -1.01. The monoisotopic (exact) mass is 484 g/mol. The second kappa shape index (κ2) is 10.2. The quantitative estimate of drug-likeness (QED) is 0.284. The molecule has 3 aromatic carbocycles. The molecule has 1 fully saturated rings. The number of ketones is 1. The highest BCUT2D eigenvalue weighted by molar-refractivity contribution is 6.51. The Balaban J connectivity index is 1.91. The van der Waals surface area contributed by atoms with Crippen LogP contribution in [0.1, 0.15) is 36.6 Å². The maximum atomic E-state index is 13.3. The van der Waals surface area contributed by atoms with Crippen LogP contribution in [-0.4, -0.2) is 35.1 Å². The van der Waals surface area contributed by atoms with Gasteiger partial charge in [0.05, 0.1) is 36.5 Å². The minimum absolute atomic E-state index is 0.0950. The van der Waals surface area contributed by atoms with Crippen molar-refractivity contribution in [3.05, 3.63) is 89.0 Å². The Morgan fingerprint density at radius 2 is 1.64 bits per heavy atom. The molecule has 0 spiro atoms. The first kappa shape index (κ1) is 24.4. The van der Waals surface area contributed by atoms with Gasteiger partial charge in [0.25, 0.3) is 11.7 Å². The lowest BCUT2D eigenvalue weighted by atomic mass is 9.94. The van der Waals surface area contributed by atoms with Gasteiger partial charge in [-0.15, -0.1) is 0 Å². The normalized spacial score (nSPS) is 16.6. The van der Waals surface area contributed by atoms with Gasteiger partial charge in [-0.3, -0.25) is 14.5 Å². The van der Waals surface area contributed by atoms with Crippen LogP contribution in [0.5, 0.6) is 17.2 Å². The van der Waals surface area contributed by atoms with Crippen molar-refractivity contribution in [2.24, 2.45) is 0 Å². The predicted molar refractivity (Wildman–Crippen MR) is 133 cm³/mol. The van der Waals surface area contributed by atoms with E-state index in [2.05, 4.69) is 0 Å². The topological polar surface area (TPSA) is 120 Å². The van der Waals surface area contributed by atoms with Crippen LogP contribution in [0, 0.1) is 11.3 Å². The summed E-state index contributed by atoms with van der Waals surface area (Å²) in [5, 5.41) is 30.6. The van der Waals surface area contributed by atoms with E-state index in [0.29, 0.717) is 41.3 Å². The lowest BCUT2D eigenvalue weighted by Crippen LogP contribution is -2.29. The van der Waals surface area contributed by atoms with E-state index < -0.39 is 17.7 Å². The number of nitrogens with zero attached hydrogens (tertiary/aromatic N) is 2. The fourth-order valence-electron chi connectivity index (χ4n) is 4.11. The van der Waals surface area contributed by atoms with Crippen molar-refractivity contribution in [1.82, 2.24) is 0 Å². The number of aliphatic hydroxyl groups excluding tert-OH is 1. The lowest BCUT2D eigenvalue weighted by Gasteiger charge is -2.26. The fourth-order valence-corrected chi connectivity index (χ4v) is 4.11. The third-order valence-corrected chi connectivity index (χ3v) is 5.76. The van der Waals surface area contributed by atoms with Crippen LogP contribution in [-0.2, 0) is 9.59 Å². The maximum Gasteiger partial charge on any atom is 0.300 e. The summed E-state index contributed by atoms with van der Waals surface area (Å²) in [6.07, 6.45) is 0. The van der Waals surface area contributed by atoms with Gasteiger partial charge in [0.2, 0.25) is 0 Å². The Hall–Kier alpha value is -4.77. The van der Waals surface area contributed by atoms with Crippen LogP contribution in [0.15, 0.2) is 72.3 Å². The number of Topliss-reactive ketones (excluding diaryl/α,β-unsaturated/α-hetero) is 1. The van der Waals surface area contributed by atoms with E-state index in [-0.39, 0.29) is 22.8 Å². The third kappa shape index (κ3) is 4.46. The zero-order valence-electron chi connectivity index (χ0n) is 19.8. The average Bonchev–Trinajstić information content (AvgIpc) is 3.16. The number of hydrogen-bond donors (Lipinski definition) is 2. The van der Waals surface area contributed by atoms with E-state index in [9.17, 15) is 19.8 Å². The molecule has 1 atom stereocenters. The first-order chi connectivity index (χ1) is 17.4. The van der Waals surface area contributed by atoms with Crippen molar-refractivity contribution in [2.75, 3.05) is 18.1 Å². The summed E-state index contributed by atoms with van der Waals surface area (Å²) in [5.41, 5.74) is 1.45. The lowest BCUT2D eigenvalue weighted by molar-refractivity contribution is -0.132. The molecule has 0 bridgehead atoms. The number of rotatable bonds is 7. The number of phenols is 1. The second-order valence-electron chi connectivity index (χ2n) is 7.95. The molecule has 1 heterocycles. The molecule has 1 amide bonds. The number of phenolic OH excluding ortho intramolecular Hbond substituents is 1. The number of carbonyl (C=O) groups is 2. The van der Waals surface area contributed by atoms with Crippen LogP contribution in [0.3, 0.4) is 0 Å². The van der Waals surface area contributed by atoms with Gasteiger partial charge < -0.3 is 19.7 Å². The van der Waals surface area contributed by atoms with Gasteiger partial charge in [-0.05, 0) is 80.1 Å². The van der Waals surface area contributed by atoms with Crippen molar-refractivity contribution in [3.63, 3.8) is 0 Å².